The fourth-order valence-electron chi connectivity index (χ4n) is 1.47. The van der Waals surface area contributed by atoms with Gasteiger partial charge in [0.1, 0.15) is 12.1 Å². The molecule has 0 fully saturated rings. The van der Waals surface area contributed by atoms with E-state index < -0.39 is 41.5 Å². The van der Waals surface area contributed by atoms with Crippen LogP contribution in [0.25, 0.3) is 0 Å². The zero-order chi connectivity index (χ0) is 18.3. The van der Waals surface area contributed by atoms with E-state index in [2.05, 4.69) is 9.47 Å². The van der Waals surface area contributed by atoms with E-state index in [1.807, 2.05) is 0 Å². The Hall–Kier alpha value is 0.120. The Labute approximate surface area is 138 Å². The summed E-state index contributed by atoms with van der Waals surface area (Å²) in [5, 5.41) is -6.24. The number of ether oxygens (including phenoxy) is 4. The predicted molar refractivity (Wildman–Crippen MR) is 74.4 cm³/mol. The van der Waals surface area contributed by atoms with Gasteiger partial charge in [0.05, 0.1) is 12.7 Å². The van der Waals surface area contributed by atoms with Gasteiger partial charge >= 0.3 is 18.1 Å². The minimum Gasteiger partial charge on any atom is -0.334 e. The summed E-state index contributed by atoms with van der Waals surface area (Å²) in [6, 6.07) is 0. The highest BCUT2D eigenvalue weighted by atomic mass is 32.2. The molecule has 0 aromatic carbocycles. The molecule has 0 aromatic rings. The number of thioether (sulfide) groups is 1. The van der Waals surface area contributed by atoms with Crippen molar-refractivity contribution < 1.29 is 44.8 Å². The van der Waals surface area contributed by atoms with Crippen LogP contribution in [-0.4, -0.2) is 42.2 Å². The zero-order valence-electron chi connectivity index (χ0n) is 12.8. The molecular weight excluding hydrogens is 374 g/mol. The van der Waals surface area contributed by atoms with Crippen molar-refractivity contribution in [2.24, 2.45) is 0 Å². The zero-order valence-corrected chi connectivity index (χ0v) is 14.4. The van der Waals surface area contributed by atoms with Gasteiger partial charge in [-0.05, 0) is 26.5 Å². The standard InChI is InChI=1S/C11H18F6O4S2/c1-5-6-18-9(23-17,19-7(2)3)10(22-4,20-8(12)13)21-11(14,15)16/h7-8H,5-6H2,1-4H3. The molecule has 0 N–H and O–H groups in total. The molecule has 2 unspecified atom stereocenters. The summed E-state index contributed by atoms with van der Waals surface area (Å²) in [7, 11) is 0. The van der Waals surface area contributed by atoms with E-state index in [4.69, 9.17) is 9.47 Å². The van der Waals surface area contributed by atoms with Gasteiger partial charge in [-0.3, -0.25) is 4.74 Å². The van der Waals surface area contributed by atoms with Gasteiger partial charge in [-0.1, -0.05) is 18.7 Å². The van der Waals surface area contributed by atoms with Crippen LogP contribution in [0, 0.1) is 0 Å². The van der Waals surface area contributed by atoms with E-state index in [1.54, 1.807) is 6.92 Å². The molecule has 23 heavy (non-hydrogen) atoms. The van der Waals surface area contributed by atoms with Crippen LogP contribution in [0.15, 0.2) is 0 Å². The first-order valence-corrected chi connectivity index (χ1v) is 8.31. The Kier molecular flexibility index (Phi) is 9.61. The summed E-state index contributed by atoms with van der Waals surface area (Å²) in [4.78, 5) is 0. The number of alkyl halides is 5. The molecule has 0 radical (unpaired) electrons. The third kappa shape index (κ3) is 6.86. The Morgan fingerprint density at radius 3 is 1.91 bits per heavy atom. The number of halogens is 6. The van der Waals surface area contributed by atoms with E-state index in [9.17, 15) is 25.8 Å². The highest BCUT2D eigenvalue weighted by Crippen LogP contribution is 2.52. The monoisotopic (exact) mass is 392 g/mol. The lowest BCUT2D eigenvalue weighted by atomic mass is 10.4. The van der Waals surface area contributed by atoms with Crippen molar-refractivity contribution in [1.82, 2.24) is 0 Å². The minimum atomic E-state index is -5.41. The smallest absolute Gasteiger partial charge is 0.334 e. The lowest BCUT2D eigenvalue weighted by molar-refractivity contribution is -0.455. The van der Waals surface area contributed by atoms with Gasteiger partial charge < -0.3 is 9.47 Å². The van der Waals surface area contributed by atoms with Gasteiger partial charge in [0.2, 0.25) is 0 Å². The molecule has 0 saturated heterocycles. The SMILES string of the molecule is CCCOC(OC(C)C)(SF)C(OC(F)F)(OC(F)(F)F)SC. The molecule has 0 amide bonds. The molecule has 0 rings (SSSR count). The van der Waals surface area contributed by atoms with E-state index in [1.165, 1.54) is 13.8 Å². The molecule has 12 heteroatoms. The second-order valence-electron chi connectivity index (χ2n) is 4.34. The number of hydrogen-bond acceptors (Lipinski definition) is 6. The lowest BCUT2D eigenvalue weighted by Crippen LogP contribution is -2.59. The predicted octanol–water partition coefficient (Wildman–Crippen LogP) is 4.90. The first-order valence-electron chi connectivity index (χ1n) is 6.37. The second-order valence-corrected chi connectivity index (χ2v) is 5.97. The summed E-state index contributed by atoms with van der Waals surface area (Å²) < 4.78 is 94.8. The normalized spacial score (nSPS) is 18.3. The molecule has 0 spiro atoms. The number of hydrogen-bond donors (Lipinski definition) is 0. The highest BCUT2D eigenvalue weighted by molar-refractivity contribution is 8.02. The van der Waals surface area contributed by atoms with Gasteiger partial charge in [0.25, 0.3) is 5.12 Å². The molecule has 0 bridgehead atoms. The van der Waals surface area contributed by atoms with Crippen LogP contribution < -0.4 is 0 Å². The van der Waals surface area contributed by atoms with Gasteiger partial charge in [-0.2, -0.15) is 12.7 Å². The molecule has 2 atom stereocenters. The summed E-state index contributed by atoms with van der Waals surface area (Å²) >= 11 is -0.807. The second kappa shape index (κ2) is 9.56. The Balaban J connectivity index is 6.01. The molecule has 0 saturated carbocycles. The fourth-order valence-corrected chi connectivity index (χ4v) is 3.06. The first kappa shape index (κ1) is 23.1. The van der Waals surface area contributed by atoms with Crippen molar-refractivity contribution in [2.45, 2.75) is 56.5 Å². The molecule has 0 heterocycles. The van der Waals surface area contributed by atoms with Crippen molar-refractivity contribution in [3.8, 4) is 0 Å². The molecule has 0 aromatic heterocycles. The Morgan fingerprint density at radius 2 is 1.61 bits per heavy atom. The molecule has 0 aliphatic heterocycles. The Morgan fingerprint density at radius 1 is 1.04 bits per heavy atom. The van der Waals surface area contributed by atoms with E-state index in [0.717, 1.165) is 6.26 Å². The molecular formula is C11H18F6O4S2. The highest BCUT2D eigenvalue weighted by Gasteiger charge is 2.65. The van der Waals surface area contributed by atoms with Crippen molar-refractivity contribution in [1.29, 1.82) is 0 Å². The van der Waals surface area contributed by atoms with Gasteiger partial charge in [0, 0.05) is 0 Å². The van der Waals surface area contributed by atoms with Crippen LogP contribution in [0.2, 0.25) is 0 Å². The molecule has 140 valence electrons. The van der Waals surface area contributed by atoms with Crippen LogP contribution in [-0.2, 0) is 18.9 Å². The van der Waals surface area contributed by atoms with E-state index >= 15 is 0 Å². The van der Waals surface area contributed by atoms with Gasteiger partial charge in [-0.25, -0.2) is 4.74 Å². The van der Waals surface area contributed by atoms with Crippen molar-refractivity contribution in [3.63, 3.8) is 0 Å². The van der Waals surface area contributed by atoms with Gasteiger partial charge in [-0.15, -0.1) is 13.2 Å². The van der Waals surface area contributed by atoms with Crippen molar-refractivity contribution in [3.05, 3.63) is 0 Å². The number of rotatable bonds is 11. The summed E-state index contributed by atoms with van der Waals surface area (Å²) in [5.41, 5.74) is 0. The maximum atomic E-state index is 13.6. The third-order valence-electron chi connectivity index (χ3n) is 2.13. The van der Waals surface area contributed by atoms with E-state index in [0.29, 0.717) is 0 Å². The van der Waals surface area contributed by atoms with Crippen LogP contribution in [0.1, 0.15) is 27.2 Å². The lowest BCUT2D eigenvalue weighted by Gasteiger charge is -2.44. The molecule has 4 nitrogen and oxygen atoms in total. The van der Waals surface area contributed by atoms with Crippen molar-refractivity contribution in [2.75, 3.05) is 12.9 Å². The van der Waals surface area contributed by atoms with E-state index in [-0.39, 0.29) is 24.8 Å². The van der Waals surface area contributed by atoms with Crippen LogP contribution in [0.5, 0.6) is 0 Å². The van der Waals surface area contributed by atoms with Crippen LogP contribution in [0.3, 0.4) is 0 Å². The third-order valence-corrected chi connectivity index (χ3v) is 3.93. The van der Waals surface area contributed by atoms with Crippen LogP contribution in [0.4, 0.5) is 25.8 Å². The topological polar surface area (TPSA) is 36.9 Å². The first-order chi connectivity index (χ1) is 10.5. The summed E-state index contributed by atoms with van der Waals surface area (Å²) in [6.07, 6.45) is -5.05. The quantitative estimate of drug-likeness (QED) is 0.368. The average Bonchev–Trinajstić information content (AvgIpc) is 2.40. The summed E-state index contributed by atoms with van der Waals surface area (Å²) in [5.74, 6) is 0. The molecule has 0 aliphatic carbocycles. The Bertz CT molecular complexity index is 347. The maximum Gasteiger partial charge on any atom is 0.525 e. The largest absolute Gasteiger partial charge is 0.525 e. The fraction of sp³-hybridized carbons (Fsp3) is 1.00. The van der Waals surface area contributed by atoms with Gasteiger partial charge in [0.15, 0.2) is 0 Å². The maximum absolute atomic E-state index is 13.6. The summed E-state index contributed by atoms with van der Waals surface area (Å²) in [6.45, 7) is 0.336. The average molecular weight is 392 g/mol. The molecule has 0 aliphatic rings. The minimum absolute atomic E-state index is 0.0413. The van der Waals surface area contributed by atoms with Crippen molar-refractivity contribution >= 4 is 23.9 Å². The van der Waals surface area contributed by atoms with Crippen LogP contribution >= 0.6 is 23.9 Å².